The molecule has 0 aliphatic heterocycles. The minimum atomic E-state index is -0.160. The number of nitrogens with one attached hydrogen (secondary N) is 1. The fourth-order valence-electron chi connectivity index (χ4n) is 2.71. The van der Waals surface area contributed by atoms with E-state index in [4.69, 9.17) is 0 Å². The number of hydrogen-bond acceptors (Lipinski definition) is 2. The molecular weight excluding hydrogens is 281 g/mol. The summed E-state index contributed by atoms with van der Waals surface area (Å²) in [5.41, 5.74) is 1.13. The number of halogens is 1. The van der Waals surface area contributed by atoms with Crippen LogP contribution in [0.4, 0.5) is 4.39 Å². The molecule has 1 N–H and O–H groups in total. The van der Waals surface area contributed by atoms with Crippen LogP contribution < -0.4 is 5.32 Å². The van der Waals surface area contributed by atoms with Gasteiger partial charge in [-0.05, 0) is 42.6 Å². The zero-order valence-corrected chi connectivity index (χ0v) is 13.0. The van der Waals surface area contributed by atoms with Crippen LogP contribution in [0.5, 0.6) is 0 Å². The van der Waals surface area contributed by atoms with Crippen molar-refractivity contribution in [3.8, 4) is 0 Å². The molecule has 3 rings (SSSR count). The highest BCUT2D eigenvalue weighted by atomic mass is 32.1. The molecule has 0 bridgehead atoms. The van der Waals surface area contributed by atoms with E-state index >= 15 is 0 Å². The molecule has 0 amide bonds. The summed E-state index contributed by atoms with van der Waals surface area (Å²) >= 11 is 1.79. The average Bonchev–Trinajstić information content (AvgIpc) is 2.92. The van der Waals surface area contributed by atoms with Crippen molar-refractivity contribution in [3.05, 3.63) is 69.7 Å². The molecule has 1 nitrogen and oxygen atoms in total. The van der Waals surface area contributed by atoms with E-state index in [0.717, 1.165) is 17.5 Å². The third-order valence-corrected chi connectivity index (χ3v) is 4.74. The molecule has 0 spiro atoms. The minimum Gasteiger partial charge on any atom is -0.306 e. The lowest BCUT2D eigenvalue weighted by atomic mass is 9.97. The van der Waals surface area contributed by atoms with Crippen LogP contribution in [-0.4, -0.2) is 6.54 Å². The Kier molecular flexibility index (Phi) is 4.04. The highest BCUT2D eigenvalue weighted by Crippen LogP contribution is 2.33. The smallest absolute Gasteiger partial charge is 0.131 e. The number of hydrogen-bond donors (Lipinski definition) is 1. The SMILES string of the molecule is CCNC(c1ccc(C)s1)c1ccc(F)c2ccccc12. The van der Waals surface area contributed by atoms with E-state index in [9.17, 15) is 4.39 Å². The zero-order valence-electron chi connectivity index (χ0n) is 12.2. The van der Waals surface area contributed by atoms with Gasteiger partial charge in [-0.25, -0.2) is 4.39 Å². The molecule has 3 aromatic rings. The Labute approximate surface area is 128 Å². The van der Waals surface area contributed by atoms with Gasteiger partial charge in [-0.3, -0.25) is 0 Å². The van der Waals surface area contributed by atoms with Gasteiger partial charge < -0.3 is 5.32 Å². The Morgan fingerprint density at radius 1 is 1.05 bits per heavy atom. The first kappa shape index (κ1) is 14.2. The molecule has 0 saturated carbocycles. The van der Waals surface area contributed by atoms with E-state index in [1.54, 1.807) is 17.4 Å². The predicted molar refractivity (Wildman–Crippen MR) is 88.5 cm³/mol. The van der Waals surface area contributed by atoms with E-state index < -0.39 is 0 Å². The van der Waals surface area contributed by atoms with Crippen molar-refractivity contribution in [1.29, 1.82) is 0 Å². The molecule has 1 heterocycles. The molecule has 3 heteroatoms. The first-order chi connectivity index (χ1) is 10.2. The lowest BCUT2D eigenvalue weighted by Gasteiger charge is -2.19. The highest BCUT2D eigenvalue weighted by Gasteiger charge is 2.18. The van der Waals surface area contributed by atoms with Crippen molar-refractivity contribution in [2.75, 3.05) is 6.54 Å². The van der Waals surface area contributed by atoms with Crippen molar-refractivity contribution < 1.29 is 4.39 Å². The van der Waals surface area contributed by atoms with E-state index in [-0.39, 0.29) is 11.9 Å². The number of benzene rings is 2. The second kappa shape index (κ2) is 5.96. The van der Waals surface area contributed by atoms with Crippen LogP contribution in [0, 0.1) is 12.7 Å². The first-order valence-corrected chi connectivity index (χ1v) is 7.99. The second-order valence-electron chi connectivity index (χ2n) is 5.12. The average molecular weight is 299 g/mol. The van der Waals surface area contributed by atoms with E-state index in [1.165, 1.54) is 9.75 Å². The van der Waals surface area contributed by atoms with Gasteiger partial charge in [-0.1, -0.05) is 37.3 Å². The molecule has 2 aromatic carbocycles. The van der Waals surface area contributed by atoms with E-state index in [2.05, 4.69) is 31.3 Å². The molecule has 1 unspecified atom stereocenters. The third kappa shape index (κ3) is 2.71. The Bertz CT molecular complexity index is 763. The summed E-state index contributed by atoms with van der Waals surface area (Å²) in [6.07, 6.45) is 0. The number of thiophene rings is 1. The summed E-state index contributed by atoms with van der Waals surface area (Å²) in [5, 5.41) is 5.20. The van der Waals surface area contributed by atoms with E-state index in [1.807, 2.05) is 30.3 Å². The van der Waals surface area contributed by atoms with Gasteiger partial charge in [-0.15, -0.1) is 11.3 Å². The number of fused-ring (bicyclic) bond motifs is 1. The van der Waals surface area contributed by atoms with Crippen molar-refractivity contribution in [2.45, 2.75) is 19.9 Å². The largest absolute Gasteiger partial charge is 0.306 e. The standard InChI is InChI=1S/C18H18FNS/c1-3-20-18(17-11-8-12(2)21-17)15-9-10-16(19)14-7-5-4-6-13(14)15/h4-11,18,20H,3H2,1-2H3. The van der Waals surface area contributed by atoms with Crippen molar-refractivity contribution in [3.63, 3.8) is 0 Å². The Morgan fingerprint density at radius 2 is 1.81 bits per heavy atom. The lowest BCUT2D eigenvalue weighted by Crippen LogP contribution is -2.21. The first-order valence-electron chi connectivity index (χ1n) is 7.17. The molecule has 108 valence electrons. The molecule has 0 radical (unpaired) electrons. The zero-order chi connectivity index (χ0) is 14.8. The summed E-state index contributed by atoms with van der Waals surface area (Å²) in [5.74, 6) is -0.160. The third-order valence-electron chi connectivity index (χ3n) is 3.67. The maximum atomic E-state index is 14.0. The summed E-state index contributed by atoms with van der Waals surface area (Å²) in [4.78, 5) is 2.56. The predicted octanol–water partition coefficient (Wildman–Crippen LogP) is 5.05. The van der Waals surface area contributed by atoms with Gasteiger partial charge in [0.2, 0.25) is 0 Å². The summed E-state index contributed by atoms with van der Waals surface area (Å²) in [7, 11) is 0. The van der Waals surface area contributed by atoms with E-state index in [0.29, 0.717) is 5.39 Å². The van der Waals surface area contributed by atoms with Crippen LogP contribution >= 0.6 is 11.3 Å². The van der Waals surface area contributed by atoms with Crippen molar-refractivity contribution in [1.82, 2.24) is 5.32 Å². The van der Waals surface area contributed by atoms with Gasteiger partial charge in [0, 0.05) is 15.1 Å². The fourth-order valence-corrected chi connectivity index (χ4v) is 3.69. The van der Waals surface area contributed by atoms with Gasteiger partial charge in [0.15, 0.2) is 0 Å². The van der Waals surface area contributed by atoms with Gasteiger partial charge in [0.1, 0.15) is 5.82 Å². The quantitative estimate of drug-likeness (QED) is 0.711. The van der Waals surface area contributed by atoms with Gasteiger partial charge in [0.25, 0.3) is 0 Å². The lowest BCUT2D eigenvalue weighted by molar-refractivity contribution is 0.629. The van der Waals surface area contributed by atoms with Crippen LogP contribution in [0.2, 0.25) is 0 Å². The van der Waals surface area contributed by atoms with Gasteiger partial charge in [-0.2, -0.15) is 0 Å². The molecule has 1 aromatic heterocycles. The van der Waals surface area contributed by atoms with Crippen LogP contribution in [0.1, 0.15) is 28.3 Å². The number of rotatable bonds is 4. The molecule has 0 aliphatic carbocycles. The van der Waals surface area contributed by atoms with Crippen molar-refractivity contribution in [2.24, 2.45) is 0 Å². The molecular formula is C18H18FNS. The highest BCUT2D eigenvalue weighted by molar-refractivity contribution is 7.12. The monoisotopic (exact) mass is 299 g/mol. The number of aryl methyl sites for hydroxylation is 1. The van der Waals surface area contributed by atoms with Gasteiger partial charge in [0.05, 0.1) is 6.04 Å². The Hall–Kier alpha value is -1.71. The topological polar surface area (TPSA) is 12.0 Å². The summed E-state index contributed by atoms with van der Waals surface area (Å²) in [6, 6.07) is 15.6. The Morgan fingerprint density at radius 3 is 2.48 bits per heavy atom. The fraction of sp³-hybridized carbons (Fsp3) is 0.222. The molecule has 21 heavy (non-hydrogen) atoms. The van der Waals surface area contributed by atoms with Crippen LogP contribution in [0.25, 0.3) is 10.8 Å². The Balaban J connectivity index is 2.18. The van der Waals surface area contributed by atoms with Crippen molar-refractivity contribution >= 4 is 22.1 Å². The van der Waals surface area contributed by atoms with Crippen LogP contribution in [-0.2, 0) is 0 Å². The summed E-state index contributed by atoms with van der Waals surface area (Å²) < 4.78 is 14.0. The molecule has 1 atom stereocenters. The van der Waals surface area contributed by atoms with Gasteiger partial charge >= 0.3 is 0 Å². The molecule has 0 fully saturated rings. The second-order valence-corrected chi connectivity index (χ2v) is 6.44. The maximum absolute atomic E-state index is 14.0. The normalized spacial score (nSPS) is 12.7. The summed E-state index contributed by atoms with van der Waals surface area (Å²) in [6.45, 7) is 5.08. The van der Waals surface area contributed by atoms with Crippen LogP contribution in [0.3, 0.4) is 0 Å². The molecule has 0 saturated heterocycles. The molecule has 0 aliphatic rings. The maximum Gasteiger partial charge on any atom is 0.131 e. The van der Waals surface area contributed by atoms with Crippen LogP contribution in [0.15, 0.2) is 48.5 Å². The minimum absolute atomic E-state index is 0.110.